The van der Waals surface area contributed by atoms with Crippen molar-refractivity contribution >= 4 is 34.5 Å². The molecule has 0 aliphatic heterocycles. The first kappa shape index (κ1) is 10.9. The Morgan fingerprint density at radius 3 is 2.73 bits per heavy atom. The highest BCUT2D eigenvalue weighted by Gasteiger charge is 2.08. The molecular formula is C11H9Cl2NS. The molecule has 0 N–H and O–H groups in total. The SMILES string of the molecule is CCc1csc(-c2ccc(Cl)cc2Cl)n1. The molecule has 0 bridgehead atoms. The van der Waals surface area contributed by atoms with Crippen LogP contribution < -0.4 is 0 Å². The first-order chi connectivity index (χ1) is 7.20. The Labute approximate surface area is 103 Å². The van der Waals surface area contributed by atoms with Crippen LogP contribution in [0.3, 0.4) is 0 Å². The molecule has 2 rings (SSSR count). The number of aromatic nitrogens is 1. The molecule has 15 heavy (non-hydrogen) atoms. The minimum absolute atomic E-state index is 0.649. The molecule has 78 valence electrons. The van der Waals surface area contributed by atoms with Gasteiger partial charge >= 0.3 is 0 Å². The van der Waals surface area contributed by atoms with Gasteiger partial charge in [-0.15, -0.1) is 11.3 Å². The lowest BCUT2D eigenvalue weighted by atomic mass is 10.2. The molecule has 0 aliphatic carbocycles. The zero-order chi connectivity index (χ0) is 10.8. The summed E-state index contributed by atoms with van der Waals surface area (Å²) in [5, 5.41) is 4.31. The van der Waals surface area contributed by atoms with E-state index in [1.807, 2.05) is 12.1 Å². The lowest BCUT2D eigenvalue weighted by Gasteiger charge is -2.00. The van der Waals surface area contributed by atoms with Crippen LogP contribution in [0.4, 0.5) is 0 Å². The topological polar surface area (TPSA) is 12.9 Å². The van der Waals surface area contributed by atoms with E-state index in [0.717, 1.165) is 22.7 Å². The molecule has 0 fully saturated rings. The Bertz CT molecular complexity index is 479. The van der Waals surface area contributed by atoms with Gasteiger partial charge in [-0.3, -0.25) is 0 Å². The van der Waals surface area contributed by atoms with E-state index in [9.17, 15) is 0 Å². The highest BCUT2D eigenvalue weighted by Crippen LogP contribution is 2.32. The van der Waals surface area contributed by atoms with Gasteiger partial charge in [0.1, 0.15) is 5.01 Å². The Hall–Kier alpha value is -0.570. The summed E-state index contributed by atoms with van der Waals surface area (Å²) in [6.07, 6.45) is 0.946. The van der Waals surface area contributed by atoms with E-state index in [1.54, 1.807) is 17.4 Å². The highest BCUT2D eigenvalue weighted by molar-refractivity contribution is 7.13. The third kappa shape index (κ3) is 2.33. The molecule has 0 radical (unpaired) electrons. The van der Waals surface area contributed by atoms with E-state index in [-0.39, 0.29) is 0 Å². The number of aryl methyl sites for hydroxylation is 1. The number of hydrogen-bond donors (Lipinski definition) is 0. The Balaban J connectivity index is 2.44. The van der Waals surface area contributed by atoms with Crippen molar-refractivity contribution in [1.82, 2.24) is 4.98 Å². The molecule has 0 aliphatic rings. The van der Waals surface area contributed by atoms with E-state index < -0.39 is 0 Å². The Morgan fingerprint density at radius 1 is 1.33 bits per heavy atom. The monoisotopic (exact) mass is 257 g/mol. The van der Waals surface area contributed by atoms with Crippen molar-refractivity contribution in [3.05, 3.63) is 39.3 Å². The van der Waals surface area contributed by atoms with Crippen LogP contribution in [0.15, 0.2) is 23.6 Å². The lowest BCUT2D eigenvalue weighted by molar-refractivity contribution is 1.07. The second-order valence-electron chi connectivity index (χ2n) is 3.12. The second-order valence-corrected chi connectivity index (χ2v) is 4.82. The first-order valence-corrected chi connectivity index (χ1v) is 6.24. The molecule has 0 saturated heterocycles. The summed E-state index contributed by atoms with van der Waals surface area (Å²) in [5.41, 5.74) is 2.05. The van der Waals surface area contributed by atoms with Crippen LogP contribution >= 0.6 is 34.5 Å². The fourth-order valence-corrected chi connectivity index (χ4v) is 2.75. The van der Waals surface area contributed by atoms with Crippen LogP contribution in [-0.4, -0.2) is 4.98 Å². The number of nitrogens with zero attached hydrogens (tertiary/aromatic N) is 1. The average Bonchev–Trinajstić information content (AvgIpc) is 2.66. The lowest BCUT2D eigenvalue weighted by Crippen LogP contribution is -1.81. The molecular weight excluding hydrogens is 249 g/mol. The van der Waals surface area contributed by atoms with Crippen LogP contribution in [0.5, 0.6) is 0 Å². The molecule has 1 aromatic heterocycles. The molecule has 1 heterocycles. The second kappa shape index (κ2) is 4.52. The van der Waals surface area contributed by atoms with Crippen LogP contribution in [0.2, 0.25) is 10.0 Å². The maximum Gasteiger partial charge on any atom is 0.125 e. The van der Waals surface area contributed by atoms with Gasteiger partial charge in [0.2, 0.25) is 0 Å². The van der Waals surface area contributed by atoms with Crippen molar-refractivity contribution in [2.75, 3.05) is 0 Å². The quantitative estimate of drug-likeness (QED) is 0.762. The smallest absolute Gasteiger partial charge is 0.125 e. The maximum absolute atomic E-state index is 6.10. The largest absolute Gasteiger partial charge is 0.241 e. The molecule has 0 unspecified atom stereocenters. The zero-order valence-corrected chi connectivity index (χ0v) is 10.5. The van der Waals surface area contributed by atoms with Gasteiger partial charge < -0.3 is 0 Å². The van der Waals surface area contributed by atoms with E-state index >= 15 is 0 Å². The Kier molecular flexibility index (Phi) is 3.29. The van der Waals surface area contributed by atoms with Crippen LogP contribution in [0.25, 0.3) is 10.6 Å². The summed E-state index contributed by atoms with van der Waals surface area (Å²) in [5.74, 6) is 0. The minimum Gasteiger partial charge on any atom is -0.241 e. The van der Waals surface area contributed by atoms with Gasteiger partial charge in [-0.1, -0.05) is 30.1 Å². The average molecular weight is 258 g/mol. The van der Waals surface area contributed by atoms with E-state index in [0.29, 0.717) is 10.0 Å². The summed E-state index contributed by atoms with van der Waals surface area (Å²) in [4.78, 5) is 4.48. The predicted octanol–water partition coefficient (Wildman–Crippen LogP) is 4.68. The van der Waals surface area contributed by atoms with E-state index in [1.165, 1.54) is 0 Å². The molecule has 0 amide bonds. The molecule has 2 aromatic rings. The van der Waals surface area contributed by atoms with Crippen LogP contribution in [0.1, 0.15) is 12.6 Å². The van der Waals surface area contributed by atoms with Crippen molar-refractivity contribution in [3.63, 3.8) is 0 Å². The maximum atomic E-state index is 6.10. The first-order valence-electron chi connectivity index (χ1n) is 4.60. The molecule has 0 spiro atoms. The summed E-state index contributed by atoms with van der Waals surface area (Å²) in [6, 6.07) is 5.48. The van der Waals surface area contributed by atoms with E-state index in [4.69, 9.17) is 23.2 Å². The van der Waals surface area contributed by atoms with Crippen LogP contribution in [0, 0.1) is 0 Å². The highest BCUT2D eigenvalue weighted by atomic mass is 35.5. The minimum atomic E-state index is 0.649. The summed E-state index contributed by atoms with van der Waals surface area (Å²) < 4.78 is 0. The number of benzene rings is 1. The fourth-order valence-electron chi connectivity index (χ4n) is 1.26. The Morgan fingerprint density at radius 2 is 2.13 bits per heavy atom. The van der Waals surface area contributed by atoms with Gasteiger partial charge in [-0.05, 0) is 24.6 Å². The predicted molar refractivity (Wildman–Crippen MR) is 66.9 cm³/mol. The fraction of sp³-hybridized carbons (Fsp3) is 0.182. The summed E-state index contributed by atoms with van der Waals surface area (Å²) >= 11 is 13.5. The van der Waals surface area contributed by atoms with Gasteiger partial charge in [0.05, 0.1) is 10.7 Å². The molecule has 0 atom stereocenters. The number of hydrogen-bond acceptors (Lipinski definition) is 2. The van der Waals surface area contributed by atoms with Crippen molar-refractivity contribution < 1.29 is 0 Å². The normalized spacial score (nSPS) is 10.6. The van der Waals surface area contributed by atoms with Crippen molar-refractivity contribution in [2.45, 2.75) is 13.3 Å². The zero-order valence-electron chi connectivity index (χ0n) is 8.13. The molecule has 1 aromatic carbocycles. The van der Waals surface area contributed by atoms with Gasteiger partial charge in [0.15, 0.2) is 0 Å². The van der Waals surface area contributed by atoms with Crippen LogP contribution in [-0.2, 0) is 6.42 Å². The van der Waals surface area contributed by atoms with Gasteiger partial charge in [-0.2, -0.15) is 0 Å². The third-order valence-corrected chi connectivity index (χ3v) is 3.55. The van der Waals surface area contributed by atoms with Crippen molar-refractivity contribution in [2.24, 2.45) is 0 Å². The van der Waals surface area contributed by atoms with Gasteiger partial charge in [-0.25, -0.2) is 4.98 Å². The number of rotatable bonds is 2. The molecule has 0 saturated carbocycles. The van der Waals surface area contributed by atoms with Crippen molar-refractivity contribution in [3.8, 4) is 10.6 Å². The van der Waals surface area contributed by atoms with Gasteiger partial charge in [0.25, 0.3) is 0 Å². The van der Waals surface area contributed by atoms with Gasteiger partial charge in [0, 0.05) is 16.0 Å². The number of thiazole rings is 1. The van der Waals surface area contributed by atoms with E-state index in [2.05, 4.69) is 17.3 Å². The summed E-state index contributed by atoms with van der Waals surface area (Å²) in [6.45, 7) is 2.09. The number of halogens is 2. The molecule has 4 heteroatoms. The third-order valence-electron chi connectivity index (χ3n) is 2.08. The van der Waals surface area contributed by atoms with Crippen molar-refractivity contribution in [1.29, 1.82) is 0 Å². The molecule has 1 nitrogen and oxygen atoms in total. The standard InChI is InChI=1S/C11H9Cl2NS/c1-2-8-6-15-11(14-8)9-4-3-7(12)5-10(9)13/h3-6H,2H2,1H3. The summed E-state index contributed by atoms with van der Waals surface area (Å²) in [7, 11) is 0.